The molecular formula is C20H36IN5O4S. The third-order valence-corrected chi connectivity index (χ3v) is 8.03. The van der Waals surface area contributed by atoms with Crippen LogP contribution in [0.4, 0.5) is 0 Å². The fraction of sp³-hybridized carbons (Fsp3) is 0.850. The monoisotopic (exact) mass is 569 g/mol. The third-order valence-electron chi connectivity index (χ3n) is 6.26. The fourth-order valence-electron chi connectivity index (χ4n) is 4.58. The predicted molar refractivity (Wildman–Crippen MR) is 131 cm³/mol. The molecule has 3 aliphatic rings. The van der Waals surface area contributed by atoms with Crippen LogP contribution in [0.25, 0.3) is 0 Å². The maximum atomic E-state index is 12.7. The Kier molecular flexibility index (Phi) is 10.3. The lowest BCUT2D eigenvalue weighted by molar-refractivity contribution is -0.135. The Balaban J connectivity index is 0.00000341. The van der Waals surface area contributed by atoms with Crippen molar-refractivity contribution in [3.8, 4) is 0 Å². The number of likely N-dealkylation sites (tertiary alicyclic amines) is 1. The van der Waals surface area contributed by atoms with Crippen molar-refractivity contribution >= 4 is 51.6 Å². The summed E-state index contributed by atoms with van der Waals surface area (Å²) in [5.41, 5.74) is 0. The third kappa shape index (κ3) is 8.07. The van der Waals surface area contributed by atoms with Crippen LogP contribution < -0.4 is 16.0 Å². The number of amides is 2. The summed E-state index contributed by atoms with van der Waals surface area (Å²) >= 11 is 0. The van der Waals surface area contributed by atoms with Crippen molar-refractivity contribution < 1.29 is 18.0 Å². The molecule has 3 N–H and O–H groups in total. The first-order valence-corrected chi connectivity index (χ1v) is 12.9. The Morgan fingerprint density at radius 2 is 1.77 bits per heavy atom. The van der Waals surface area contributed by atoms with Crippen LogP contribution in [0.15, 0.2) is 4.99 Å². The van der Waals surface area contributed by atoms with E-state index in [0.29, 0.717) is 31.4 Å². The molecule has 0 radical (unpaired) electrons. The van der Waals surface area contributed by atoms with Gasteiger partial charge in [0.2, 0.25) is 11.8 Å². The van der Waals surface area contributed by atoms with E-state index in [1.54, 1.807) is 7.05 Å². The van der Waals surface area contributed by atoms with Crippen LogP contribution in [-0.2, 0) is 19.4 Å². The molecule has 31 heavy (non-hydrogen) atoms. The highest BCUT2D eigenvalue weighted by atomic mass is 127. The number of aliphatic imine (C=N–C) groups is 1. The summed E-state index contributed by atoms with van der Waals surface area (Å²) in [7, 11) is -1.32. The van der Waals surface area contributed by atoms with E-state index in [0.717, 1.165) is 38.6 Å². The number of rotatable bonds is 6. The van der Waals surface area contributed by atoms with Crippen molar-refractivity contribution in [2.24, 2.45) is 10.9 Å². The second kappa shape index (κ2) is 12.2. The molecule has 2 unspecified atom stereocenters. The van der Waals surface area contributed by atoms with E-state index in [1.165, 1.54) is 6.42 Å². The maximum Gasteiger partial charge on any atom is 0.225 e. The summed E-state index contributed by atoms with van der Waals surface area (Å²) in [6.45, 7) is 1.87. The van der Waals surface area contributed by atoms with Gasteiger partial charge in [0.25, 0.3) is 0 Å². The van der Waals surface area contributed by atoms with Gasteiger partial charge < -0.3 is 20.9 Å². The summed E-state index contributed by atoms with van der Waals surface area (Å²) in [4.78, 5) is 30.9. The van der Waals surface area contributed by atoms with Gasteiger partial charge in [-0.15, -0.1) is 24.0 Å². The highest BCUT2D eigenvalue weighted by molar-refractivity contribution is 14.0. The number of hydrogen-bond acceptors (Lipinski definition) is 5. The molecule has 1 aliphatic carbocycles. The number of guanidine groups is 1. The van der Waals surface area contributed by atoms with E-state index < -0.39 is 9.84 Å². The lowest BCUT2D eigenvalue weighted by Gasteiger charge is -2.26. The van der Waals surface area contributed by atoms with Gasteiger partial charge in [-0.2, -0.15) is 0 Å². The largest absolute Gasteiger partial charge is 0.356 e. The van der Waals surface area contributed by atoms with Gasteiger partial charge in [0.15, 0.2) is 15.8 Å². The normalized spacial score (nSPS) is 26.2. The van der Waals surface area contributed by atoms with Crippen LogP contribution in [-0.4, -0.2) is 81.4 Å². The summed E-state index contributed by atoms with van der Waals surface area (Å²) < 4.78 is 22.9. The second-order valence-corrected chi connectivity index (χ2v) is 10.9. The molecule has 0 aromatic rings. The van der Waals surface area contributed by atoms with Gasteiger partial charge in [0, 0.05) is 51.1 Å². The molecule has 3 rings (SSSR count). The van der Waals surface area contributed by atoms with E-state index in [9.17, 15) is 18.0 Å². The number of hydrogen-bond donors (Lipinski definition) is 3. The molecular weight excluding hydrogens is 533 g/mol. The Morgan fingerprint density at radius 1 is 1.03 bits per heavy atom. The molecule has 2 amide bonds. The molecule has 3 fully saturated rings. The Labute approximate surface area is 202 Å². The molecule has 0 spiro atoms. The molecule has 1 saturated carbocycles. The number of sulfone groups is 1. The SMILES string of the molecule is CN=C(NCCC(=O)NC1CCS(=O)(=O)C1)NC1CCN(C(=O)C2CCCCC2)C1.I. The van der Waals surface area contributed by atoms with E-state index in [2.05, 4.69) is 20.9 Å². The zero-order valence-corrected chi connectivity index (χ0v) is 21.4. The minimum atomic E-state index is -3.00. The zero-order valence-electron chi connectivity index (χ0n) is 18.3. The Morgan fingerprint density at radius 3 is 2.42 bits per heavy atom. The van der Waals surface area contributed by atoms with Crippen molar-refractivity contribution in [2.75, 3.05) is 38.2 Å². The molecule has 0 bridgehead atoms. The van der Waals surface area contributed by atoms with Crippen molar-refractivity contribution in [2.45, 2.75) is 63.5 Å². The Bertz CT molecular complexity index is 755. The number of carbonyl (C=O) groups excluding carboxylic acids is 2. The van der Waals surface area contributed by atoms with Gasteiger partial charge in [0.1, 0.15) is 0 Å². The second-order valence-electron chi connectivity index (χ2n) is 8.67. The topological polar surface area (TPSA) is 120 Å². The smallest absolute Gasteiger partial charge is 0.225 e. The van der Waals surface area contributed by atoms with Gasteiger partial charge in [-0.1, -0.05) is 19.3 Å². The molecule has 2 aliphatic heterocycles. The highest BCUT2D eigenvalue weighted by Crippen LogP contribution is 2.26. The summed E-state index contributed by atoms with van der Waals surface area (Å²) in [5, 5.41) is 9.26. The standard InChI is InChI=1S/C20H35N5O4S.HI/c1-21-20(22-10-7-18(26)23-17-9-12-30(28,29)14-17)24-16-8-11-25(13-16)19(27)15-5-3-2-4-6-15;/h15-17H,2-14H2,1H3,(H,23,26)(H2,21,22,24);1H. The highest BCUT2D eigenvalue weighted by Gasteiger charge is 2.32. The summed E-state index contributed by atoms with van der Waals surface area (Å²) in [6, 6.07) is -0.118. The fourth-order valence-corrected chi connectivity index (χ4v) is 6.25. The molecule has 2 atom stereocenters. The molecule has 0 aromatic carbocycles. The minimum absolute atomic E-state index is 0. The van der Waals surface area contributed by atoms with Gasteiger partial charge in [-0.05, 0) is 25.7 Å². The van der Waals surface area contributed by atoms with Crippen LogP contribution in [0.5, 0.6) is 0 Å². The van der Waals surface area contributed by atoms with Crippen LogP contribution in [0.2, 0.25) is 0 Å². The van der Waals surface area contributed by atoms with Gasteiger partial charge in [-0.25, -0.2) is 8.42 Å². The van der Waals surface area contributed by atoms with Crippen molar-refractivity contribution in [3.05, 3.63) is 0 Å². The average Bonchev–Trinajstić information content (AvgIpc) is 3.33. The number of carbonyl (C=O) groups is 2. The van der Waals surface area contributed by atoms with Crippen LogP contribution >= 0.6 is 24.0 Å². The van der Waals surface area contributed by atoms with Gasteiger partial charge in [-0.3, -0.25) is 14.6 Å². The van der Waals surface area contributed by atoms with Crippen molar-refractivity contribution in [1.82, 2.24) is 20.9 Å². The first kappa shape index (κ1) is 26.1. The van der Waals surface area contributed by atoms with Gasteiger partial charge >= 0.3 is 0 Å². The van der Waals surface area contributed by atoms with Crippen molar-refractivity contribution in [1.29, 1.82) is 0 Å². The maximum absolute atomic E-state index is 12.7. The van der Waals surface area contributed by atoms with E-state index in [-0.39, 0.29) is 65.8 Å². The first-order valence-electron chi connectivity index (χ1n) is 11.1. The zero-order chi connectivity index (χ0) is 21.6. The minimum Gasteiger partial charge on any atom is -0.356 e. The molecule has 2 saturated heterocycles. The average molecular weight is 570 g/mol. The lowest BCUT2D eigenvalue weighted by atomic mass is 9.88. The van der Waals surface area contributed by atoms with E-state index in [1.807, 2.05) is 4.90 Å². The van der Waals surface area contributed by atoms with Crippen molar-refractivity contribution in [3.63, 3.8) is 0 Å². The number of nitrogens with zero attached hydrogens (tertiary/aromatic N) is 2. The van der Waals surface area contributed by atoms with Crippen LogP contribution in [0.3, 0.4) is 0 Å². The van der Waals surface area contributed by atoms with Crippen LogP contribution in [0, 0.1) is 5.92 Å². The number of nitrogens with one attached hydrogen (secondary N) is 3. The predicted octanol–water partition coefficient (Wildman–Crippen LogP) is 0.644. The summed E-state index contributed by atoms with van der Waals surface area (Å²) in [5.74, 6) is 1.13. The Hall–Kier alpha value is -1.11. The van der Waals surface area contributed by atoms with Crippen LogP contribution in [0.1, 0.15) is 51.4 Å². The van der Waals surface area contributed by atoms with E-state index in [4.69, 9.17) is 0 Å². The first-order chi connectivity index (χ1) is 14.4. The van der Waals surface area contributed by atoms with E-state index >= 15 is 0 Å². The molecule has 178 valence electrons. The molecule has 9 nitrogen and oxygen atoms in total. The molecule has 11 heteroatoms. The molecule has 0 aromatic heterocycles. The lowest BCUT2D eigenvalue weighted by Crippen LogP contribution is -2.46. The summed E-state index contributed by atoms with van der Waals surface area (Å²) in [6.07, 6.45) is 7.22. The number of halogens is 1. The molecule has 2 heterocycles. The van der Waals surface area contributed by atoms with Gasteiger partial charge in [0.05, 0.1) is 11.5 Å². The quantitative estimate of drug-likeness (QED) is 0.246.